The summed E-state index contributed by atoms with van der Waals surface area (Å²) >= 11 is 0. The standard InChI is InChI=1S/C10H23NO/c1-9(2,3)8-11(7)12-10(4,5)6/h8H2,1-7H3. The van der Waals surface area contributed by atoms with E-state index in [4.69, 9.17) is 4.84 Å². The summed E-state index contributed by atoms with van der Waals surface area (Å²) in [5, 5.41) is 1.92. The van der Waals surface area contributed by atoms with E-state index in [0.717, 1.165) is 6.54 Å². The summed E-state index contributed by atoms with van der Waals surface area (Å²) in [6, 6.07) is 0. The average molecular weight is 173 g/mol. The SMILES string of the molecule is CN(CC(C)(C)C)OC(C)(C)C. The van der Waals surface area contributed by atoms with Crippen LogP contribution >= 0.6 is 0 Å². The second-order valence-electron chi connectivity index (χ2n) is 5.55. The first-order valence-corrected chi connectivity index (χ1v) is 4.50. The van der Waals surface area contributed by atoms with Gasteiger partial charge < -0.3 is 0 Å². The molecule has 0 heterocycles. The van der Waals surface area contributed by atoms with Gasteiger partial charge in [0.05, 0.1) is 5.60 Å². The molecule has 0 amide bonds. The van der Waals surface area contributed by atoms with Crippen molar-refractivity contribution < 1.29 is 4.84 Å². The molecule has 0 aromatic rings. The summed E-state index contributed by atoms with van der Waals surface area (Å²) in [4.78, 5) is 5.65. The van der Waals surface area contributed by atoms with Crippen molar-refractivity contribution >= 4 is 0 Å². The van der Waals surface area contributed by atoms with Crippen molar-refractivity contribution in [3.8, 4) is 0 Å². The maximum Gasteiger partial charge on any atom is 0.0815 e. The second-order valence-corrected chi connectivity index (χ2v) is 5.55. The molecular weight excluding hydrogens is 150 g/mol. The third kappa shape index (κ3) is 8.02. The minimum Gasteiger partial charge on any atom is -0.294 e. The van der Waals surface area contributed by atoms with Crippen LogP contribution in [0.1, 0.15) is 41.5 Å². The van der Waals surface area contributed by atoms with Gasteiger partial charge >= 0.3 is 0 Å². The van der Waals surface area contributed by atoms with Gasteiger partial charge in [-0.25, -0.2) is 0 Å². The Morgan fingerprint density at radius 2 is 1.42 bits per heavy atom. The van der Waals surface area contributed by atoms with Gasteiger partial charge in [-0.2, -0.15) is 5.06 Å². The Hall–Kier alpha value is -0.0800. The summed E-state index contributed by atoms with van der Waals surface area (Å²) in [5.41, 5.74) is 0.208. The lowest BCUT2D eigenvalue weighted by atomic mass is 9.97. The van der Waals surface area contributed by atoms with E-state index in [-0.39, 0.29) is 5.60 Å². The maximum absolute atomic E-state index is 5.65. The van der Waals surface area contributed by atoms with E-state index < -0.39 is 0 Å². The number of hydroxylamine groups is 2. The molecule has 0 aliphatic rings. The van der Waals surface area contributed by atoms with Crippen molar-refractivity contribution in [3.63, 3.8) is 0 Å². The van der Waals surface area contributed by atoms with E-state index >= 15 is 0 Å². The minimum absolute atomic E-state index is 0.0833. The van der Waals surface area contributed by atoms with Crippen molar-refractivity contribution in [2.24, 2.45) is 5.41 Å². The molecule has 2 heteroatoms. The summed E-state index contributed by atoms with van der Waals surface area (Å²) in [5.74, 6) is 0. The third-order valence-corrected chi connectivity index (χ3v) is 1.13. The third-order valence-electron chi connectivity index (χ3n) is 1.13. The minimum atomic E-state index is -0.0833. The van der Waals surface area contributed by atoms with Crippen LogP contribution in [0.25, 0.3) is 0 Å². The molecule has 2 nitrogen and oxygen atoms in total. The maximum atomic E-state index is 5.65. The van der Waals surface area contributed by atoms with E-state index in [0.29, 0.717) is 5.41 Å². The van der Waals surface area contributed by atoms with E-state index in [1.807, 2.05) is 12.1 Å². The van der Waals surface area contributed by atoms with E-state index in [9.17, 15) is 0 Å². The largest absolute Gasteiger partial charge is 0.294 e. The predicted molar refractivity (Wildman–Crippen MR) is 52.9 cm³/mol. The fourth-order valence-electron chi connectivity index (χ4n) is 1.17. The Balaban J connectivity index is 3.83. The molecule has 0 aromatic carbocycles. The molecule has 0 atom stereocenters. The molecule has 0 saturated carbocycles. The molecule has 0 aliphatic carbocycles. The lowest BCUT2D eigenvalue weighted by molar-refractivity contribution is -0.223. The zero-order valence-corrected chi connectivity index (χ0v) is 9.56. The molecule has 0 aliphatic heterocycles. The van der Waals surface area contributed by atoms with Crippen LogP contribution in [0.4, 0.5) is 0 Å². The van der Waals surface area contributed by atoms with E-state index in [1.54, 1.807) is 0 Å². The summed E-state index contributed by atoms with van der Waals surface area (Å²) < 4.78 is 0. The summed E-state index contributed by atoms with van der Waals surface area (Å²) in [6.07, 6.45) is 0. The van der Waals surface area contributed by atoms with Crippen LogP contribution in [0.3, 0.4) is 0 Å². The van der Waals surface area contributed by atoms with Gasteiger partial charge in [0.1, 0.15) is 0 Å². The monoisotopic (exact) mass is 173 g/mol. The molecule has 0 fully saturated rings. The van der Waals surface area contributed by atoms with Crippen molar-refractivity contribution in [2.45, 2.75) is 47.1 Å². The zero-order chi connectivity index (χ0) is 9.99. The van der Waals surface area contributed by atoms with Crippen LogP contribution in [0.2, 0.25) is 0 Å². The van der Waals surface area contributed by atoms with Crippen molar-refractivity contribution in [2.75, 3.05) is 13.6 Å². The molecule has 0 bridgehead atoms. The lowest BCUT2D eigenvalue weighted by Gasteiger charge is -2.31. The Kier molecular flexibility index (Phi) is 3.73. The molecular formula is C10H23NO. The highest BCUT2D eigenvalue weighted by molar-refractivity contribution is 4.64. The van der Waals surface area contributed by atoms with Gasteiger partial charge in [-0.15, -0.1) is 0 Å². The number of nitrogens with zero attached hydrogens (tertiary/aromatic N) is 1. The molecule has 0 unspecified atom stereocenters. The number of hydrogen-bond acceptors (Lipinski definition) is 2. The molecule has 0 N–H and O–H groups in total. The average Bonchev–Trinajstić information content (AvgIpc) is 1.49. The van der Waals surface area contributed by atoms with Crippen molar-refractivity contribution in [3.05, 3.63) is 0 Å². The number of hydrogen-bond donors (Lipinski definition) is 0. The van der Waals surface area contributed by atoms with Crippen LogP contribution < -0.4 is 0 Å². The highest BCUT2D eigenvalue weighted by Gasteiger charge is 2.19. The highest BCUT2D eigenvalue weighted by atomic mass is 16.7. The van der Waals surface area contributed by atoms with Crippen LogP contribution in [0.15, 0.2) is 0 Å². The topological polar surface area (TPSA) is 12.5 Å². The van der Waals surface area contributed by atoms with E-state index in [2.05, 4.69) is 41.5 Å². The molecule has 0 spiro atoms. The fourth-order valence-corrected chi connectivity index (χ4v) is 1.17. The van der Waals surface area contributed by atoms with Gasteiger partial charge in [-0.05, 0) is 26.2 Å². The quantitative estimate of drug-likeness (QED) is 0.595. The molecule has 0 radical (unpaired) electrons. The molecule has 0 rings (SSSR count). The molecule has 74 valence electrons. The first kappa shape index (κ1) is 11.9. The Bertz CT molecular complexity index is 114. The van der Waals surface area contributed by atoms with Crippen molar-refractivity contribution in [1.29, 1.82) is 0 Å². The van der Waals surface area contributed by atoms with Gasteiger partial charge in [0.2, 0.25) is 0 Å². The highest BCUT2D eigenvalue weighted by Crippen LogP contribution is 2.17. The molecule has 0 saturated heterocycles. The van der Waals surface area contributed by atoms with Crippen LogP contribution in [0.5, 0.6) is 0 Å². The van der Waals surface area contributed by atoms with E-state index in [1.165, 1.54) is 0 Å². The van der Waals surface area contributed by atoms with Crippen LogP contribution in [-0.4, -0.2) is 24.3 Å². The van der Waals surface area contributed by atoms with Crippen LogP contribution in [0, 0.1) is 5.41 Å². The first-order valence-electron chi connectivity index (χ1n) is 4.50. The second kappa shape index (κ2) is 3.75. The smallest absolute Gasteiger partial charge is 0.0815 e. The lowest BCUT2D eigenvalue weighted by Crippen LogP contribution is -2.36. The normalized spacial score (nSPS) is 14.0. The Morgan fingerprint density at radius 3 is 1.67 bits per heavy atom. The van der Waals surface area contributed by atoms with Gasteiger partial charge in [-0.3, -0.25) is 4.84 Å². The van der Waals surface area contributed by atoms with Gasteiger partial charge in [0, 0.05) is 13.6 Å². The van der Waals surface area contributed by atoms with Crippen LogP contribution in [-0.2, 0) is 4.84 Å². The Labute approximate surface area is 76.9 Å². The Morgan fingerprint density at radius 1 is 1.00 bits per heavy atom. The fraction of sp³-hybridized carbons (Fsp3) is 1.00. The predicted octanol–water partition coefficient (Wildman–Crippen LogP) is 2.69. The van der Waals surface area contributed by atoms with Gasteiger partial charge in [-0.1, -0.05) is 20.8 Å². The van der Waals surface area contributed by atoms with Crippen molar-refractivity contribution in [1.82, 2.24) is 5.06 Å². The molecule has 0 aromatic heterocycles. The van der Waals surface area contributed by atoms with Gasteiger partial charge in [0.15, 0.2) is 0 Å². The first-order chi connectivity index (χ1) is 5.10. The summed E-state index contributed by atoms with van der Waals surface area (Å²) in [7, 11) is 1.98. The summed E-state index contributed by atoms with van der Waals surface area (Å²) in [6.45, 7) is 13.7. The van der Waals surface area contributed by atoms with Gasteiger partial charge in [0.25, 0.3) is 0 Å². The molecule has 12 heavy (non-hydrogen) atoms. The number of rotatable bonds is 2. The zero-order valence-electron chi connectivity index (χ0n) is 9.56.